The normalized spacial score (nSPS) is 9.94. The smallest absolute Gasteiger partial charge is 0.338 e. The second-order valence-electron chi connectivity index (χ2n) is 3.36. The first kappa shape index (κ1) is 12.9. The lowest BCUT2D eigenvalue weighted by Crippen LogP contribution is -2.11. The summed E-state index contributed by atoms with van der Waals surface area (Å²) < 4.78 is 0. The van der Waals surface area contributed by atoms with E-state index in [1.165, 1.54) is 12.1 Å². The highest BCUT2D eigenvalue weighted by Gasteiger charge is 2.15. The second-order valence-corrected chi connectivity index (χ2v) is 3.36. The maximum Gasteiger partial charge on any atom is 0.338 e. The average molecular weight is 239 g/mol. The Kier molecular flexibility index (Phi) is 4.41. The topological polar surface area (TPSA) is 118 Å². The summed E-state index contributed by atoms with van der Waals surface area (Å²) in [5, 5.41) is 22.3. The van der Waals surface area contributed by atoms with Crippen molar-refractivity contribution < 1.29 is 14.8 Å². The Balaban J connectivity index is 2.96. The highest BCUT2D eigenvalue weighted by atomic mass is 16.6. The summed E-state index contributed by atoms with van der Waals surface area (Å²) in [6, 6.07) is 3.68. The average Bonchev–Trinajstić information content (AvgIpc) is 2.29. The number of benzene rings is 1. The van der Waals surface area contributed by atoms with Gasteiger partial charge in [0.25, 0.3) is 5.69 Å². The molecule has 0 saturated heterocycles. The van der Waals surface area contributed by atoms with Gasteiger partial charge in [-0.2, -0.15) is 0 Å². The number of nitro groups is 1. The number of rotatable bonds is 6. The van der Waals surface area contributed by atoms with Crippen molar-refractivity contribution in [3.8, 4) is 0 Å². The number of non-ortho nitro benzene ring substituents is 1. The third kappa shape index (κ3) is 3.42. The lowest BCUT2D eigenvalue weighted by atomic mass is 10.1. The van der Waals surface area contributed by atoms with E-state index in [1.54, 1.807) is 0 Å². The van der Waals surface area contributed by atoms with Crippen LogP contribution >= 0.6 is 0 Å². The number of aromatic carboxylic acids is 1. The van der Waals surface area contributed by atoms with E-state index in [2.05, 4.69) is 5.32 Å². The molecule has 0 aliphatic heterocycles. The van der Waals surface area contributed by atoms with E-state index < -0.39 is 10.9 Å². The quantitative estimate of drug-likeness (QED) is 0.388. The molecule has 0 atom stereocenters. The van der Waals surface area contributed by atoms with Crippen LogP contribution in [0.1, 0.15) is 16.8 Å². The third-order valence-electron chi connectivity index (χ3n) is 2.14. The predicted octanol–water partition coefficient (Wildman–Crippen LogP) is 1.05. The minimum Gasteiger partial charge on any atom is -0.478 e. The van der Waals surface area contributed by atoms with E-state index in [4.69, 9.17) is 10.8 Å². The van der Waals surface area contributed by atoms with Gasteiger partial charge in [0.1, 0.15) is 0 Å². The first-order valence-corrected chi connectivity index (χ1v) is 5.02. The van der Waals surface area contributed by atoms with Gasteiger partial charge in [0.15, 0.2) is 0 Å². The van der Waals surface area contributed by atoms with Gasteiger partial charge in [-0.1, -0.05) is 0 Å². The summed E-state index contributed by atoms with van der Waals surface area (Å²) in [6.45, 7) is 1.01. The summed E-state index contributed by atoms with van der Waals surface area (Å²) in [5.41, 5.74) is 5.31. The van der Waals surface area contributed by atoms with E-state index in [-0.39, 0.29) is 11.3 Å². The first-order chi connectivity index (χ1) is 8.06. The largest absolute Gasteiger partial charge is 0.478 e. The summed E-state index contributed by atoms with van der Waals surface area (Å²) in [4.78, 5) is 20.8. The molecule has 7 heteroatoms. The standard InChI is InChI=1S/C10H13N3O4/c11-4-1-5-12-9-3-2-7(13(16)17)6-8(9)10(14)15/h2-3,6,12H,1,4-5,11H2,(H,14,15). The van der Waals surface area contributed by atoms with E-state index in [0.29, 0.717) is 25.2 Å². The van der Waals surface area contributed by atoms with Crippen molar-refractivity contribution in [1.29, 1.82) is 0 Å². The number of nitrogens with two attached hydrogens (primary N) is 1. The number of anilines is 1. The third-order valence-corrected chi connectivity index (χ3v) is 2.14. The second kappa shape index (κ2) is 5.80. The Morgan fingerprint density at radius 1 is 1.53 bits per heavy atom. The molecule has 0 saturated carbocycles. The molecule has 0 amide bonds. The Bertz CT molecular complexity index is 434. The summed E-state index contributed by atoms with van der Waals surface area (Å²) in [7, 11) is 0. The van der Waals surface area contributed by atoms with Crippen LogP contribution in [0.25, 0.3) is 0 Å². The number of carboxylic acid groups (broad SMARTS) is 1. The minimum atomic E-state index is -1.20. The molecule has 0 radical (unpaired) electrons. The fourth-order valence-electron chi connectivity index (χ4n) is 1.30. The van der Waals surface area contributed by atoms with Crippen LogP contribution in [-0.2, 0) is 0 Å². The van der Waals surface area contributed by atoms with E-state index >= 15 is 0 Å². The Morgan fingerprint density at radius 2 is 2.24 bits per heavy atom. The van der Waals surface area contributed by atoms with Crippen LogP contribution in [0, 0.1) is 10.1 Å². The van der Waals surface area contributed by atoms with Crippen molar-refractivity contribution in [1.82, 2.24) is 0 Å². The van der Waals surface area contributed by atoms with Crippen LogP contribution in [0.5, 0.6) is 0 Å². The molecule has 0 fully saturated rings. The van der Waals surface area contributed by atoms with E-state index in [9.17, 15) is 14.9 Å². The van der Waals surface area contributed by atoms with Crippen LogP contribution in [0.15, 0.2) is 18.2 Å². The number of carboxylic acids is 1. The van der Waals surface area contributed by atoms with Gasteiger partial charge < -0.3 is 16.2 Å². The van der Waals surface area contributed by atoms with Crippen LogP contribution in [0.4, 0.5) is 11.4 Å². The highest BCUT2D eigenvalue weighted by Crippen LogP contribution is 2.22. The molecule has 4 N–H and O–H groups in total. The van der Waals surface area contributed by atoms with Gasteiger partial charge in [-0.05, 0) is 19.0 Å². The zero-order valence-electron chi connectivity index (χ0n) is 9.05. The van der Waals surface area contributed by atoms with Crippen molar-refractivity contribution in [2.24, 2.45) is 5.73 Å². The number of nitrogens with zero attached hydrogens (tertiary/aromatic N) is 1. The van der Waals surface area contributed by atoms with Gasteiger partial charge in [-0.15, -0.1) is 0 Å². The van der Waals surface area contributed by atoms with Gasteiger partial charge >= 0.3 is 5.97 Å². The Morgan fingerprint density at radius 3 is 2.76 bits per heavy atom. The number of nitro benzene ring substituents is 1. The molecule has 7 nitrogen and oxygen atoms in total. The first-order valence-electron chi connectivity index (χ1n) is 5.02. The molecule has 1 aromatic rings. The number of hydrogen-bond acceptors (Lipinski definition) is 5. The van der Waals surface area contributed by atoms with Crippen molar-refractivity contribution in [2.75, 3.05) is 18.4 Å². The predicted molar refractivity (Wildman–Crippen MR) is 62.2 cm³/mol. The Hall–Kier alpha value is -2.15. The highest BCUT2D eigenvalue weighted by molar-refractivity contribution is 5.95. The molecule has 0 heterocycles. The lowest BCUT2D eigenvalue weighted by Gasteiger charge is -2.08. The van der Waals surface area contributed by atoms with E-state index in [1.807, 2.05) is 0 Å². The minimum absolute atomic E-state index is 0.115. The number of nitrogens with one attached hydrogen (secondary N) is 1. The molecule has 92 valence electrons. The van der Waals surface area contributed by atoms with E-state index in [0.717, 1.165) is 6.07 Å². The Labute approximate surface area is 97.4 Å². The summed E-state index contributed by atoms with van der Waals surface area (Å²) in [6.07, 6.45) is 0.691. The van der Waals surface area contributed by atoms with Gasteiger partial charge in [-0.25, -0.2) is 4.79 Å². The van der Waals surface area contributed by atoms with Crippen molar-refractivity contribution in [3.63, 3.8) is 0 Å². The van der Waals surface area contributed by atoms with Crippen LogP contribution in [-0.4, -0.2) is 29.1 Å². The van der Waals surface area contributed by atoms with Crippen molar-refractivity contribution >= 4 is 17.3 Å². The molecule has 0 unspecified atom stereocenters. The number of carbonyl (C=O) groups is 1. The van der Waals surface area contributed by atoms with Gasteiger partial charge in [-0.3, -0.25) is 10.1 Å². The fraction of sp³-hybridized carbons (Fsp3) is 0.300. The number of hydrogen-bond donors (Lipinski definition) is 3. The van der Waals surface area contributed by atoms with Crippen molar-refractivity contribution in [2.45, 2.75) is 6.42 Å². The van der Waals surface area contributed by atoms with Crippen LogP contribution in [0.2, 0.25) is 0 Å². The lowest BCUT2D eigenvalue weighted by molar-refractivity contribution is -0.384. The van der Waals surface area contributed by atoms with Gasteiger partial charge in [0, 0.05) is 24.4 Å². The molecule has 0 spiro atoms. The molecule has 0 aliphatic carbocycles. The van der Waals surface area contributed by atoms with Crippen LogP contribution < -0.4 is 11.1 Å². The molecule has 0 aliphatic rings. The molecule has 0 bridgehead atoms. The zero-order valence-corrected chi connectivity index (χ0v) is 9.05. The van der Waals surface area contributed by atoms with Gasteiger partial charge in [0.2, 0.25) is 0 Å². The molecular weight excluding hydrogens is 226 g/mol. The molecular formula is C10H13N3O4. The summed E-state index contributed by atoms with van der Waals surface area (Å²) in [5.74, 6) is -1.20. The SMILES string of the molecule is NCCCNc1ccc([N+](=O)[O-])cc1C(=O)O. The maximum absolute atomic E-state index is 10.9. The van der Waals surface area contributed by atoms with Crippen molar-refractivity contribution in [3.05, 3.63) is 33.9 Å². The zero-order chi connectivity index (χ0) is 12.8. The maximum atomic E-state index is 10.9. The van der Waals surface area contributed by atoms with Crippen LogP contribution in [0.3, 0.4) is 0 Å². The molecule has 1 aromatic carbocycles. The molecule has 17 heavy (non-hydrogen) atoms. The molecule has 0 aromatic heterocycles. The van der Waals surface area contributed by atoms with Gasteiger partial charge in [0.05, 0.1) is 10.5 Å². The summed E-state index contributed by atoms with van der Waals surface area (Å²) >= 11 is 0. The molecule has 1 rings (SSSR count). The monoisotopic (exact) mass is 239 g/mol. The fourth-order valence-corrected chi connectivity index (χ4v) is 1.30.